The van der Waals surface area contributed by atoms with Crippen LogP contribution in [-0.2, 0) is 0 Å². The SMILES string of the molecule is C=Cc1cccc(-c2ccc3c(n2)c2ccccc2n3-c2ccc(-c3ccc(-n4c5ccccc5c5nc(-c6cccc(C=C)c6)ccc54)cc3)cc2)c1. The number of benzene rings is 6. The maximum atomic E-state index is 5.19. The van der Waals surface area contributed by atoms with Crippen LogP contribution in [-0.4, -0.2) is 19.1 Å². The Labute approximate surface area is 313 Å². The van der Waals surface area contributed by atoms with E-state index in [-0.39, 0.29) is 0 Å². The molecule has 4 heterocycles. The van der Waals surface area contributed by atoms with Crippen molar-refractivity contribution in [3.05, 3.63) is 194 Å². The third kappa shape index (κ3) is 5.15. The molecule has 4 heteroatoms. The molecular formula is C50H34N4. The fourth-order valence-electron chi connectivity index (χ4n) is 7.79. The number of fused-ring (bicyclic) bond motifs is 6. The summed E-state index contributed by atoms with van der Waals surface area (Å²) in [5, 5.41) is 2.26. The Morgan fingerprint density at radius 1 is 0.370 bits per heavy atom. The lowest BCUT2D eigenvalue weighted by Gasteiger charge is -2.11. The molecule has 0 spiro atoms. The van der Waals surface area contributed by atoms with Gasteiger partial charge in [0.25, 0.3) is 0 Å². The van der Waals surface area contributed by atoms with Crippen molar-refractivity contribution in [1.82, 2.24) is 19.1 Å². The first-order valence-electron chi connectivity index (χ1n) is 18.1. The second kappa shape index (κ2) is 12.7. The lowest BCUT2D eigenvalue weighted by atomic mass is 10.0. The molecule has 0 N–H and O–H groups in total. The fourth-order valence-corrected chi connectivity index (χ4v) is 7.79. The van der Waals surface area contributed by atoms with Gasteiger partial charge in [-0.25, -0.2) is 9.97 Å². The molecule has 54 heavy (non-hydrogen) atoms. The van der Waals surface area contributed by atoms with E-state index in [1.807, 2.05) is 12.2 Å². The van der Waals surface area contributed by atoms with E-state index in [0.29, 0.717) is 0 Å². The first-order chi connectivity index (χ1) is 26.7. The number of aromatic nitrogens is 4. The van der Waals surface area contributed by atoms with Crippen LogP contribution in [0.2, 0.25) is 0 Å². The van der Waals surface area contributed by atoms with Crippen LogP contribution in [0.4, 0.5) is 0 Å². The van der Waals surface area contributed by atoms with Gasteiger partial charge in [-0.3, -0.25) is 0 Å². The lowest BCUT2D eigenvalue weighted by molar-refractivity contribution is 1.17. The van der Waals surface area contributed by atoms with Gasteiger partial charge in [0.15, 0.2) is 0 Å². The topological polar surface area (TPSA) is 35.6 Å². The Balaban J connectivity index is 0.999. The molecule has 0 unspecified atom stereocenters. The first kappa shape index (κ1) is 31.4. The maximum absolute atomic E-state index is 5.19. The Bertz CT molecular complexity index is 2860. The molecule has 0 atom stereocenters. The minimum absolute atomic E-state index is 0.948. The molecule has 0 amide bonds. The molecule has 0 saturated carbocycles. The highest BCUT2D eigenvalue weighted by molar-refractivity contribution is 6.08. The van der Waals surface area contributed by atoms with Gasteiger partial charge in [-0.05, 0) is 95.1 Å². The molecule has 4 nitrogen and oxygen atoms in total. The maximum Gasteiger partial charge on any atom is 0.0970 e. The molecule has 10 aromatic rings. The summed E-state index contributed by atoms with van der Waals surface area (Å²) in [7, 11) is 0. The minimum Gasteiger partial charge on any atom is -0.308 e. The Morgan fingerprint density at radius 3 is 1.22 bits per heavy atom. The molecule has 0 bridgehead atoms. The Hall–Kier alpha value is -7.30. The summed E-state index contributed by atoms with van der Waals surface area (Å²) in [6, 6.07) is 60.0. The van der Waals surface area contributed by atoms with Crippen molar-refractivity contribution in [2.24, 2.45) is 0 Å². The minimum atomic E-state index is 0.948. The molecule has 0 aliphatic rings. The highest BCUT2D eigenvalue weighted by Gasteiger charge is 2.17. The highest BCUT2D eigenvalue weighted by atomic mass is 15.0. The average Bonchev–Trinajstić information content (AvgIpc) is 3.76. The summed E-state index contributed by atoms with van der Waals surface area (Å²) >= 11 is 0. The van der Waals surface area contributed by atoms with Crippen molar-refractivity contribution in [2.45, 2.75) is 0 Å². The summed E-state index contributed by atoms with van der Waals surface area (Å²) in [6.07, 6.45) is 3.74. The average molecular weight is 691 g/mol. The number of rotatable bonds is 7. The van der Waals surface area contributed by atoms with E-state index < -0.39 is 0 Å². The van der Waals surface area contributed by atoms with Crippen LogP contribution in [0.15, 0.2) is 183 Å². The van der Waals surface area contributed by atoms with Crippen LogP contribution in [0.25, 0.3) is 101 Å². The van der Waals surface area contributed by atoms with Crippen LogP contribution in [0, 0.1) is 0 Å². The summed E-state index contributed by atoms with van der Waals surface area (Å²) in [5.74, 6) is 0. The lowest BCUT2D eigenvalue weighted by Crippen LogP contribution is -1.95. The van der Waals surface area contributed by atoms with E-state index in [4.69, 9.17) is 9.97 Å². The largest absolute Gasteiger partial charge is 0.308 e. The van der Waals surface area contributed by atoms with Gasteiger partial charge < -0.3 is 9.13 Å². The van der Waals surface area contributed by atoms with Gasteiger partial charge in [0.1, 0.15) is 0 Å². The zero-order valence-electron chi connectivity index (χ0n) is 29.5. The fraction of sp³-hybridized carbons (Fsp3) is 0. The third-order valence-electron chi connectivity index (χ3n) is 10.5. The Morgan fingerprint density at radius 2 is 0.796 bits per heavy atom. The summed E-state index contributed by atoms with van der Waals surface area (Å²) < 4.78 is 4.62. The van der Waals surface area contributed by atoms with Crippen LogP contribution in [0.3, 0.4) is 0 Å². The van der Waals surface area contributed by atoms with Gasteiger partial charge in [-0.1, -0.05) is 122 Å². The highest BCUT2D eigenvalue weighted by Crippen LogP contribution is 2.36. The summed E-state index contributed by atoms with van der Waals surface area (Å²) in [5.41, 5.74) is 17.1. The van der Waals surface area contributed by atoms with Crippen molar-refractivity contribution in [3.63, 3.8) is 0 Å². The molecule has 254 valence electrons. The van der Waals surface area contributed by atoms with Gasteiger partial charge >= 0.3 is 0 Å². The molecule has 0 fully saturated rings. The number of nitrogens with zero attached hydrogens (tertiary/aromatic N) is 4. The number of hydrogen-bond donors (Lipinski definition) is 0. The molecule has 0 radical (unpaired) electrons. The molecular weight excluding hydrogens is 657 g/mol. The van der Waals surface area contributed by atoms with Crippen molar-refractivity contribution in [1.29, 1.82) is 0 Å². The predicted octanol–water partition coefficient (Wildman–Crippen LogP) is 13.0. The molecule has 0 aliphatic heterocycles. The smallest absolute Gasteiger partial charge is 0.0970 e. The Kier molecular flexibility index (Phi) is 7.41. The molecule has 4 aromatic heterocycles. The van der Waals surface area contributed by atoms with E-state index in [0.717, 1.165) is 100 Å². The second-order valence-corrected chi connectivity index (χ2v) is 13.6. The predicted molar refractivity (Wildman–Crippen MR) is 227 cm³/mol. The van der Waals surface area contributed by atoms with E-state index in [1.54, 1.807) is 0 Å². The third-order valence-corrected chi connectivity index (χ3v) is 10.5. The molecule has 0 aliphatic carbocycles. The summed E-state index contributed by atoms with van der Waals surface area (Å²) in [4.78, 5) is 10.4. The summed E-state index contributed by atoms with van der Waals surface area (Å²) in [6.45, 7) is 7.88. The normalized spacial score (nSPS) is 11.5. The van der Waals surface area contributed by atoms with Crippen LogP contribution in [0.5, 0.6) is 0 Å². The van der Waals surface area contributed by atoms with E-state index in [9.17, 15) is 0 Å². The van der Waals surface area contributed by atoms with Crippen LogP contribution >= 0.6 is 0 Å². The van der Waals surface area contributed by atoms with Crippen LogP contribution in [0.1, 0.15) is 11.1 Å². The number of para-hydroxylation sites is 2. The van der Waals surface area contributed by atoms with E-state index in [2.05, 4.69) is 192 Å². The van der Waals surface area contributed by atoms with Gasteiger partial charge in [-0.15, -0.1) is 0 Å². The number of hydrogen-bond acceptors (Lipinski definition) is 2. The van der Waals surface area contributed by atoms with Gasteiger partial charge in [-0.2, -0.15) is 0 Å². The zero-order valence-corrected chi connectivity index (χ0v) is 29.5. The van der Waals surface area contributed by atoms with Gasteiger partial charge in [0.2, 0.25) is 0 Å². The zero-order chi connectivity index (χ0) is 36.2. The van der Waals surface area contributed by atoms with E-state index in [1.165, 1.54) is 0 Å². The van der Waals surface area contributed by atoms with Crippen molar-refractivity contribution in [3.8, 4) is 45.0 Å². The van der Waals surface area contributed by atoms with Gasteiger partial charge in [0.05, 0.1) is 44.5 Å². The van der Waals surface area contributed by atoms with Gasteiger partial charge in [0, 0.05) is 33.3 Å². The van der Waals surface area contributed by atoms with Crippen molar-refractivity contribution >= 4 is 56.0 Å². The standard InChI is InChI=1S/C50H34N4/c1-3-33-11-9-13-37(31-33)43-27-29-47-49(51-43)41-15-5-7-17-45(41)53(47)39-23-19-35(20-24-39)36-21-25-40(26-22-36)54-46-18-8-6-16-42(46)50-48(54)30-28-44(52-50)38-14-10-12-34(4-2)32-38/h3-32H,1-2H2. The van der Waals surface area contributed by atoms with E-state index >= 15 is 0 Å². The monoisotopic (exact) mass is 690 g/mol. The van der Waals surface area contributed by atoms with Crippen molar-refractivity contribution in [2.75, 3.05) is 0 Å². The number of pyridine rings is 2. The first-order valence-corrected chi connectivity index (χ1v) is 18.1. The van der Waals surface area contributed by atoms with Crippen LogP contribution < -0.4 is 0 Å². The molecule has 10 rings (SSSR count). The quantitative estimate of drug-likeness (QED) is 0.167. The molecule has 0 saturated heterocycles. The van der Waals surface area contributed by atoms with Crippen molar-refractivity contribution < 1.29 is 0 Å². The molecule has 6 aromatic carbocycles. The second-order valence-electron chi connectivity index (χ2n) is 13.6.